The largest absolute Gasteiger partial charge is 0.383 e. The number of benzene rings is 2. The van der Waals surface area contributed by atoms with Crippen LogP contribution in [0.25, 0.3) is 0 Å². The van der Waals surface area contributed by atoms with Gasteiger partial charge in [-0.2, -0.15) is 0 Å². The molecule has 3 rings (SSSR count). The summed E-state index contributed by atoms with van der Waals surface area (Å²) in [6.07, 6.45) is 3.06. The van der Waals surface area contributed by atoms with Crippen molar-refractivity contribution in [3.63, 3.8) is 0 Å². The molecular weight excluding hydrogens is 500 g/mol. The summed E-state index contributed by atoms with van der Waals surface area (Å²) in [5.74, 6) is 0.658. The van der Waals surface area contributed by atoms with E-state index in [1.165, 1.54) is 11.8 Å². The molecule has 0 fully saturated rings. The molecule has 9 nitrogen and oxygen atoms in total. The zero-order valence-corrected chi connectivity index (χ0v) is 24.7. The molecule has 2 aromatic rings. The number of likely N-dealkylation sites (N-methyl/N-ethyl adjacent to an activating group) is 2. The molecule has 0 saturated heterocycles. The van der Waals surface area contributed by atoms with Gasteiger partial charge in [0.15, 0.2) is 0 Å². The van der Waals surface area contributed by atoms with E-state index in [-0.39, 0.29) is 11.3 Å². The molecule has 0 radical (unpaired) electrons. The lowest BCUT2D eigenvalue weighted by atomic mass is 9.87. The Morgan fingerprint density at radius 3 is 2.42 bits per heavy atom. The highest BCUT2D eigenvalue weighted by atomic mass is 16.1. The number of carbonyl (C=O) groups excluding carboxylic acids is 1. The van der Waals surface area contributed by atoms with E-state index in [0.717, 1.165) is 24.2 Å². The van der Waals surface area contributed by atoms with E-state index < -0.39 is 0 Å². The lowest BCUT2D eigenvalue weighted by Gasteiger charge is -2.23. The van der Waals surface area contributed by atoms with Crippen molar-refractivity contribution in [3.8, 4) is 0 Å². The van der Waals surface area contributed by atoms with E-state index in [4.69, 9.17) is 5.73 Å². The second kappa shape index (κ2) is 13.2. The number of nitrogens with one attached hydrogen (secondary N) is 2. The van der Waals surface area contributed by atoms with E-state index in [0.29, 0.717) is 41.0 Å². The fourth-order valence-electron chi connectivity index (χ4n) is 3.90. The van der Waals surface area contributed by atoms with Crippen molar-refractivity contribution in [2.24, 2.45) is 20.7 Å². The summed E-state index contributed by atoms with van der Waals surface area (Å²) in [7, 11) is 5.97. The summed E-state index contributed by atoms with van der Waals surface area (Å²) < 4.78 is 0. The van der Waals surface area contributed by atoms with Crippen molar-refractivity contribution in [1.82, 2.24) is 15.1 Å². The smallest absolute Gasteiger partial charge is 0.251 e. The maximum atomic E-state index is 13.0. The third kappa shape index (κ3) is 8.13. The molecule has 0 bridgehead atoms. The zero-order valence-electron chi connectivity index (χ0n) is 24.7. The molecular formula is C31H42N8O. The lowest BCUT2D eigenvalue weighted by Crippen LogP contribution is -2.35. The van der Waals surface area contributed by atoms with Gasteiger partial charge in [-0.1, -0.05) is 57.7 Å². The van der Waals surface area contributed by atoms with Crippen LogP contribution in [0, 0.1) is 6.92 Å². The molecule has 0 saturated carbocycles. The van der Waals surface area contributed by atoms with Crippen LogP contribution in [0.3, 0.4) is 0 Å². The van der Waals surface area contributed by atoms with Crippen LogP contribution in [0.4, 0.5) is 5.69 Å². The second-order valence-corrected chi connectivity index (χ2v) is 11.1. The Morgan fingerprint density at radius 1 is 1.10 bits per heavy atom. The lowest BCUT2D eigenvalue weighted by molar-refractivity contribution is 0.0951. The Labute approximate surface area is 238 Å². The van der Waals surface area contributed by atoms with Crippen LogP contribution in [0.5, 0.6) is 0 Å². The Bertz CT molecular complexity index is 1340. The number of anilines is 1. The highest BCUT2D eigenvalue weighted by Crippen LogP contribution is 2.23. The predicted molar refractivity (Wildman–Crippen MR) is 167 cm³/mol. The first-order valence-corrected chi connectivity index (χ1v) is 13.3. The van der Waals surface area contributed by atoms with Gasteiger partial charge >= 0.3 is 0 Å². The average Bonchev–Trinajstić information content (AvgIpc) is 2.91. The maximum absolute atomic E-state index is 13.0. The number of guanidine groups is 1. The Kier molecular flexibility index (Phi) is 10.0. The first-order valence-electron chi connectivity index (χ1n) is 13.3. The molecule has 0 aromatic heterocycles. The molecule has 0 atom stereocenters. The molecule has 4 N–H and O–H groups in total. The highest BCUT2D eigenvalue weighted by molar-refractivity contribution is 6.41. The molecule has 1 aliphatic rings. The minimum Gasteiger partial charge on any atom is -0.383 e. The van der Waals surface area contributed by atoms with Crippen molar-refractivity contribution in [2.75, 3.05) is 39.5 Å². The molecule has 1 aliphatic heterocycles. The number of hydrogen-bond donors (Lipinski definition) is 3. The molecule has 212 valence electrons. The Hall–Kier alpha value is -4.24. The van der Waals surface area contributed by atoms with Gasteiger partial charge in [0.25, 0.3) is 5.91 Å². The SMILES string of the molecule is C=C/N=C1/C=NC(N(C)CCN(C)C)=N/C1=C(/N)Nc1cc(C(=O)NCc2ccc(C(C)(C)C)cc2)ccc1C. The van der Waals surface area contributed by atoms with E-state index in [2.05, 4.69) is 82.1 Å². The van der Waals surface area contributed by atoms with Crippen LogP contribution in [0.2, 0.25) is 0 Å². The van der Waals surface area contributed by atoms with Gasteiger partial charge < -0.3 is 26.2 Å². The standard InChI is InChI=1S/C31H42N8O/c1-9-33-26-20-35-30(39(8)17-16-38(6)7)37-27(26)28(32)36-25-18-23(13-10-21(25)2)29(40)34-19-22-11-14-24(15-12-22)31(3,4)5/h9-15,18,20,36H,1,16-17,19,32H2,2-8H3,(H,34,40)/b28-27-,33-26-. The first kappa shape index (κ1) is 30.3. The number of amides is 1. The summed E-state index contributed by atoms with van der Waals surface area (Å²) in [4.78, 5) is 30.5. The van der Waals surface area contributed by atoms with Crippen molar-refractivity contribution < 1.29 is 4.79 Å². The molecule has 0 aliphatic carbocycles. The molecule has 1 amide bonds. The number of hydrogen-bond acceptors (Lipinski definition) is 8. The number of rotatable bonds is 9. The number of nitrogens with two attached hydrogens (primary N) is 1. The number of allylic oxidation sites excluding steroid dienone is 1. The van der Waals surface area contributed by atoms with Gasteiger partial charge in [0.1, 0.15) is 17.2 Å². The third-order valence-electron chi connectivity index (χ3n) is 6.51. The molecule has 2 aromatic carbocycles. The van der Waals surface area contributed by atoms with E-state index in [1.807, 2.05) is 39.0 Å². The number of carbonyl (C=O) groups is 1. The summed E-state index contributed by atoms with van der Waals surface area (Å²) >= 11 is 0. The minimum atomic E-state index is -0.171. The molecule has 0 spiro atoms. The summed E-state index contributed by atoms with van der Waals surface area (Å²) in [5, 5.41) is 6.24. The van der Waals surface area contributed by atoms with Crippen LogP contribution in [-0.4, -0.2) is 67.8 Å². The first-order chi connectivity index (χ1) is 18.9. The summed E-state index contributed by atoms with van der Waals surface area (Å²) in [6, 6.07) is 13.8. The van der Waals surface area contributed by atoms with Crippen molar-refractivity contribution >= 4 is 29.5 Å². The Balaban J connectivity index is 1.79. The zero-order chi connectivity index (χ0) is 29.4. The van der Waals surface area contributed by atoms with Gasteiger partial charge in [0.2, 0.25) is 5.96 Å². The second-order valence-electron chi connectivity index (χ2n) is 11.1. The van der Waals surface area contributed by atoms with Gasteiger partial charge in [-0.05, 0) is 55.3 Å². The number of aryl methyl sites for hydroxylation is 1. The molecule has 1 heterocycles. The topological polar surface area (TPSA) is 111 Å². The molecule has 0 unspecified atom stereocenters. The van der Waals surface area contributed by atoms with Crippen LogP contribution in [0.15, 0.2) is 81.7 Å². The molecule has 9 heteroatoms. The van der Waals surface area contributed by atoms with Crippen LogP contribution in [-0.2, 0) is 12.0 Å². The van der Waals surface area contributed by atoms with Crippen LogP contribution in [0.1, 0.15) is 47.8 Å². The van der Waals surface area contributed by atoms with Crippen molar-refractivity contribution in [2.45, 2.75) is 39.7 Å². The number of nitrogens with zero attached hydrogens (tertiary/aromatic N) is 5. The average molecular weight is 543 g/mol. The van der Waals surface area contributed by atoms with Gasteiger partial charge in [0, 0.05) is 44.1 Å². The fraction of sp³-hybridized carbons (Fsp3) is 0.355. The minimum absolute atomic E-state index is 0.0852. The normalized spacial score (nSPS) is 15.6. The molecule has 40 heavy (non-hydrogen) atoms. The van der Waals surface area contributed by atoms with Gasteiger partial charge in [-0.25, -0.2) is 9.98 Å². The van der Waals surface area contributed by atoms with E-state index >= 15 is 0 Å². The van der Waals surface area contributed by atoms with Gasteiger partial charge in [-0.3, -0.25) is 9.79 Å². The van der Waals surface area contributed by atoms with Crippen molar-refractivity contribution in [1.29, 1.82) is 0 Å². The fourth-order valence-corrected chi connectivity index (χ4v) is 3.90. The third-order valence-corrected chi connectivity index (χ3v) is 6.51. The van der Waals surface area contributed by atoms with Crippen LogP contribution < -0.4 is 16.4 Å². The summed E-state index contributed by atoms with van der Waals surface area (Å²) in [5.41, 5.74) is 12.0. The Morgan fingerprint density at radius 2 is 1.80 bits per heavy atom. The van der Waals surface area contributed by atoms with Crippen LogP contribution >= 0.6 is 0 Å². The highest BCUT2D eigenvalue weighted by Gasteiger charge is 2.19. The monoisotopic (exact) mass is 542 g/mol. The van der Waals surface area contributed by atoms with Crippen molar-refractivity contribution in [3.05, 3.63) is 89.0 Å². The van der Waals surface area contributed by atoms with Gasteiger partial charge in [0.05, 0.1) is 6.21 Å². The van der Waals surface area contributed by atoms with Gasteiger partial charge in [-0.15, -0.1) is 0 Å². The maximum Gasteiger partial charge on any atom is 0.251 e. The quantitative estimate of drug-likeness (QED) is 0.438. The number of aliphatic imine (C=N–C) groups is 3. The van der Waals surface area contributed by atoms with E-state index in [9.17, 15) is 4.79 Å². The summed E-state index contributed by atoms with van der Waals surface area (Å²) in [6.45, 7) is 14.2. The van der Waals surface area contributed by atoms with E-state index in [1.54, 1.807) is 18.3 Å². The predicted octanol–water partition coefficient (Wildman–Crippen LogP) is 4.28.